The van der Waals surface area contributed by atoms with Crippen LogP contribution in [0.15, 0.2) is 23.1 Å². The molecule has 1 aromatic rings. The van der Waals surface area contributed by atoms with Crippen LogP contribution < -0.4 is 14.6 Å². The van der Waals surface area contributed by atoms with Gasteiger partial charge in [-0.05, 0) is 45.9 Å². The van der Waals surface area contributed by atoms with Gasteiger partial charge in [-0.15, -0.1) is 0 Å². The Morgan fingerprint density at radius 2 is 2.00 bits per heavy atom. The molecule has 1 heterocycles. The van der Waals surface area contributed by atoms with Gasteiger partial charge in [0.1, 0.15) is 17.2 Å². The predicted octanol–water partition coefficient (Wildman–Crippen LogP) is 1.75. The van der Waals surface area contributed by atoms with Gasteiger partial charge in [0.15, 0.2) is 0 Å². The van der Waals surface area contributed by atoms with Gasteiger partial charge in [-0.2, -0.15) is 0 Å². The number of amides is 1. The Hall–Kier alpha value is -1.35. The zero-order valence-corrected chi connectivity index (χ0v) is 17.1. The fraction of sp³-hybridized carbons (Fsp3) is 0.588. The Bertz CT molecular complexity index is 806. The van der Waals surface area contributed by atoms with Crippen LogP contribution in [0.3, 0.4) is 0 Å². The number of likely N-dealkylation sites (tertiary alicyclic amines) is 1. The molecular formula is C17H25ClN2O5S. The van der Waals surface area contributed by atoms with Crippen LogP contribution in [-0.4, -0.2) is 50.3 Å². The first-order valence-corrected chi connectivity index (χ1v) is 10.2. The molecule has 9 heteroatoms. The van der Waals surface area contributed by atoms with Crippen molar-refractivity contribution in [3.63, 3.8) is 0 Å². The number of benzene rings is 1. The van der Waals surface area contributed by atoms with Crippen LogP contribution in [0.25, 0.3) is 0 Å². The average molecular weight is 405 g/mol. The molecule has 1 aliphatic heterocycles. The maximum atomic E-state index is 12.8. The second-order valence-corrected chi connectivity index (χ2v) is 9.81. The van der Waals surface area contributed by atoms with Gasteiger partial charge in [0.2, 0.25) is 10.0 Å². The molecule has 3 atom stereocenters. The molecular weight excluding hydrogens is 380 g/mol. The number of ether oxygens (including phenoxy) is 1. The molecule has 26 heavy (non-hydrogen) atoms. The van der Waals surface area contributed by atoms with E-state index in [0.717, 1.165) is 0 Å². The number of nitrogens with one attached hydrogen (secondary N) is 1. The molecule has 0 bridgehead atoms. The molecule has 1 aromatic carbocycles. The lowest BCUT2D eigenvalue weighted by molar-refractivity contribution is -0.928. The van der Waals surface area contributed by atoms with E-state index < -0.39 is 27.7 Å². The summed E-state index contributed by atoms with van der Waals surface area (Å²) in [4.78, 5) is 11.9. The lowest BCUT2D eigenvalue weighted by atomic mass is 10.0. The number of hydrogen-bond donors (Lipinski definition) is 1. The highest BCUT2D eigenvalue weighted by atomic mass is 35.5. The minimum absolute atomic E-state index is 0.0747. The molecule has 0 aromatic heterocycles. The Labute approximate surface area is 159 Å². The maximum absolute atomic E-state index is 12.8. The number of carboxylic acid groups (broad SMARTS) is 1. The van der Waals surface area contributed by atoms with E-state index in [2.05, 4.69) is 4.72 Å². The Morgan fingerprint density at radius 3 is 2.46 bits per heavy atom. The van der Waals surface area contributed by atoms with Crippen LogP contribution in [-0.2, 0) is 10.0 Å². The summed E-state index contributed by atoms with van der Waals surface area (Å²) in [5.74, 6) is 0.171. The van der Waals surface area contributed by atoms with Crippen molar-refractivity contribution >= 4 is 27.7 Å². The Balaban J connectivity index is 2.35. The quantitative estimate of drug-likeness (QED) is 0.771. The second-order valence-electron chi connectivity index (χ2n) is 7.69. The second kappa shape index (κ2) is 6.99. The zero-order chi connectivity index (χ0) is 19.9. The molecule has 146 valence electrons. The van der Waals surface area contributed by atoms with Crippen molar-refractivity contribution < 1.29 is 27.5 Å². The molecule has 0 radical (unpaired) electrons. The summed E-state index contributed by atoms with van der Waals surface area (Å²) in [6.07, 6.45) is -0.820. The van der Waals surface area contributed by atoms with Gasteiger partial charge in [0, 0.05) is 11.4 Å². The van der Waals surface area contributed by atoms with Crippen LogP contribution in [0.5, 0.6) is 5.75 Å². The molecule has 1 saturated heterocycles. The first-order chi connectivity index (χ1) is 11.8. The molecule has 1 N–H and O–H groups in total. The first-order valence-electron chi connectivity index (χ1n) is 8.30. The van der Waals surface area contributed by atoms with Gasteiger partial charge in [0.25, 0.3) is 6.09 Å². The molecule has 1 amide bonds. The van der Waals surface area contributed by atoms with Crippen molar-refractivity contribution in [1.82, 2.24) is 4.72 Å². The van der Waals surface area contributed by atoms with Crippen LogP contribution >= 0.6 is 11.6 Å². The lowest BCUT2D eigenvalue weighted by Crippen LogP contribution is -2.69. The summed E-state index contributed by atoms with van der Waals surface area (Å²) < 4.78 is 33.1. The van der Waals surface area contributed by atoms with Gasteiger partial charge in [-0.3, -0.25) is 4.48 Å². The van der Waals surface area contributed by atoms with Crippen LogP contribution in [0.1, 0.15) is 34.1 Å². The maximum Gasteiger partial charge on any atom is 0.258 e. The van der Waals surface area contributed by atoms with E-state index >= 15 is 0 Å². The number of carbonyl (C=O) groups is 1. The van der Waals surface area contributed by atoms with Crippen molar-refractivity contribution in [2.45, 2.75) is 56.6 Å². The number of sulfonamides is 1. The van der Waals surface area contributed by atoms with E-state index in [0.29, 0.717) is 6.42 Å². The average Bonchev–Trinajstić information content (AvgIpc) is 2.83. The number of quaternary nitrogens is 1. The normalized spacial score (nSPS) is 26.7. The summed E-state index contributed by atoms with van der Waals surface area (Å²) in [5, 5.41) is 12.2. The van der Waals surface area contributed by atoms with Gasteiger partial charge < -0.3 is 14.6 Å². The molecule has 0 saturated carbocycles. The monoisotopic (exact) mass is 404 g/mol. The van der Waals surface area contributed by atoms with Crippen molar-refractivity contribution in [3.05, 3.63) is 23.2 Å². The number of carbonyl (C=O) groups excluding carboxylic acids is 1. The van der Waals surface area contributed by atoms with Crippen LogP contribution in [0.4, 0.5) is 4.79 Å². The van der Waals surface area contributed by atoms with Gasteiger partial charge >= 0.3 is 0 Å². The Morgan fingerprint density at radius 1 is 1.38 bits per heavy atom. The van der Waals surface area contributed by atoms with Crippen molar-refractivity contribution in [3.8, 4) is 5.75 Å². The standard InChI is InChI=1S/C17H25ClN2O5S/c1-11-8-13(10-20(11,16(21)22)17(2,3)4)19-26(23,24)15-9-12(18)6-7-14(15)25-5/h6-7,9,11,13,19H,8,10H2,1-5H3/t11-,13+,20?/m0/s1. The molecule has 7 nitrogen and oxygen atoms in total. The topological polar surface area (TPSA) is 95.5 Å². The van der Waals surface area contributed by atoms with E-state index in [1.54, 1.807) is 6.92 Å². The van der Waals surface area contributed by atoms with Crippen LogP contribution in [0, 0.1) is 0 Å². The SMILES string of the molecule is COc1ccc(Cl)cc1S(=O)(=O)N[C@@H]1C[C@H](C)[N+](C(=O)[O-])(C(C)(C)C)C1. The van der Waals surface area contributed by atoms with Crippen LogP contribution in [0.2, 0.25) is 5.02 Å². The number of hydrogen-bond acceptors (Lipinski definition) is 5. The number of rotatable bonds is 4. The highest BCUT2D eigenvalue weighted by Gasteiger charge is 2.54. The lowest BCUT2D eigenvalue weighted by Gasteiger charge is -2.48. The number of halogens is 1. The van der Waals surface area contributed by atoms with E-state index in [4.69, 9.17) is 16.3 Å². The molecule has 1 fully saturated rings. The van der Waals surface area contributed by atoms with Gasteiger partial charge in [-0.25, -0.2) is 13.1 Å². The summed E-state index contributed by atoms with van der Waals surface area (Å²) in [6.45, 7) is 7.35. The minimum atomic E-state index is -3.94. The van der Waals surface area contributed by atoms with E-state index in [-0.39, 0.29) is 32.7 Å². The summed E-state index contributed by atoms with van der Waals surface area (Å²) in [7, 11) is -2.56. The highest BCUT2D eigenvalue weighted by molar-refractivity contribution is 7.89. The third-order valence-electron chi connectivity index (χ3n) is 5.15. The first kappa shape index (κ1) is 21.0. The van der Waals surface area contributed by atoms with Crippen molar-refractivity contribution in [1.29, 1.82) is 0 Å². The van der Waals surface area contributed by atoms with Gasteiger partial charge in [0.05, 0.1) is 24.7 Å². The highest BCUT2D eigenvalue weighted by Crippen LogP contribution is 2.37. The number of methoxy groups -OCH3 is 1. The van der Waals surface area contributed by atoms with E-state index in [1.165, 1.54) is 25.3 Å². The minimum Gasteiger partial charge on any atom is -0.498 e. The van der Waals surface area contributed by atoms with Crippen molar-refractivity contribution in [2.24, 2.45) is 0 Å². The third kappa shape index (κ3) is 3.55. The zero-order valence-electron chi connectivity index (χ0n) is 15.6. The molecule has 1 aliphatic rings. The van der Waals surface area contributed by atoms with E-state index in [1.807, 2.05) is 20.8 Å². The summed E-state index contributed by atoms with van der Waals surface area (Å²) in [5.41, 5.74) is -0.633. The van der Waals surface area contributed by atoms with Crippen molar-refractivity contribution in [2.75, 3.05) is 13.7 Å². The molecule has 1 unspecified atom stereocenters. The van der Waals surface area contributed by atoms with E-state index in [9.17, 15) is 18.3 Å². The fourth-order valence-electron chi connectivity index (χ4n) is 3.89. The Kier molecular flexibility index (Phi) is 5.64. The number of nitrogens with zero attached hydrogens (tertiary/aromatic N) is 1. The smallest absolute Gasteiger partial charge is 0.258 e. The van der Waals surface area contributed by atoms with Gasteiger partial charge in [-0.1, -0.05) is 11.6 Å². The molecule has 0 spiro atoms. The fourth-order valence-corrected chi connectivity index (χ4v) is 5.56. The predicted molar refractivity (Wildman–Crippen MR) is 96.5 cm³/mol. The summed E-state index contributed by atoms with van der Waals surface area (Å²) in [6, 6.07) is 3.48. The summed E-state index contributed by atoms with van der Waals surface area (Å²) >= 11 is 5.93. The molecule has 2 rings (SSSR count). The molecule has 0 aliphatic carbocycles. The largest absolute Gasteiger partial charge is 0.498 e. The third-order valence-corrected chi connectivity index (χ3v) is 6.92.